The van der Waals surface area contributed by atoms with E-state index in [0.29, 0.717) is 12.3 Å². The van der Waals surface area contributed by atoms with E-state index in [2.05, 4.69) is 13.8 Å². The van der Waals surface area contributed by atoms with Gasteiger partial charge in [-0.25, -0.2) is 4.39 Å². The summed E-state index contributed by atoms with van der Waals surface area (Å²) >= 11 is 0. The van der Waals surface area contributed by atoms with Gasteiger partial charge in [-0.2, -0.15) is 0 Å². The monoisotopic (exact) mass is 254 g/mol. The maximum atomic E-state index is 13.2. The molecule has 0 amide bonds. The minimum atomic E-state index is -0.413. The molecule has 4 heteroatoms. The van der Waals surface area contributed by atoms with Gasteiger partial charge in [-0.15, -0.1) is 0 Å². The molecule has 0 heterocycles. The summed E-state index contributed by atoms with van der Waals surface area (Å²) in [5, 5.41) is 0. The Kier molecular flexibility index (Phi) is 6.19. The third kappa shape index (κ3) is 5.66. The molecule has 3 nitrogen and oxygen atoms in total. The van der Waals surface area contributed by atoms with Crippen LogP contribution in [0.25, 0.3) is 0 Å². The maximum absolute atomic E-state index is 13.2. The van der Waals surface area contributed by atoms with Crippen LogP contribution in [0.1, 0.15) is 26.7 Å². The first-order chi connectivity index (χ1) is 8.59. The molecule has 0 spiro atoms. The lowest BCUT2D eigenvalue weighted by Gasteiger charge is -2.08. The van der Waals surface area contributed by atoms with Gasteiger partial charge < -0.3 is 9.47 Å². The number of carbonyl (C=O) groups is 1. The van der Waals surface area contributed by atoms with Crippen LogP contribution in [0.5, 0.6) is 5.75 Å². The fourth-order valence-electron chi connectivity index (χ4n) is 1.35. The van der Waals surface area contributed by atoms with Crippen molar-refractivity contribution in [2.24, 2.45) is 5.92 Å². The fourth-order valence-corrected chi connectivity index (χ4v) is 1.35. The van der Waals surface area contributed by atoms with Gasteiger partial charge in [-0.05, 0) is 24.5 Å². The zero-order chi connectivity index (χ0) is 13.4. The SMILES string of the molecule is CC(C)CCC(=O)OCCOc1ccccc1F. The Morgan fingerprint density at radius 1 is 1.28 bits per heavy atom. The van der Waals surface area contributed by atoms with E-state index in [1.807, 2.05) is 0 Å². The Labute approximate surface area is 107 Å². The highest BCUT2D eigenvalue weighted by atomic mass is 19.1. The molecule has 0 aliphatic heterocycles. The van der Waals surface area contributed by atoms with Gasteiger partial charge in [0, 0.05) is 6.42 Å². The van der Waals surface area contributed by atoms with Gasteiger partial charge in [-0.3, -0.25) is 4.79 Å². The summed E-state index contributed by atoms with van der Waals surface area (Å²) in [7, 11) is 0. The number of halogens is 1. The average Bonchev–Trinajstić information content (AvgIpc) is 2.34. The number of ether oxygens (including phenoxy) is 2. The Balaban J connectivity index is 2.15. The fraction of sp³-hybridized carbons (Fsp3) is 0.500. The summed E-state index contributed by atoms with van der Waals surface area (Å²) in [4.78, 5) is 11.3. The van der Waals surface area contributed by atoms with Crippen LogP contribution in [0.2, 0.25) is 0 Å². The summed E-state index contributed by atoms with van der Waals surface area (Å²) in [6.45, 7) is 4.41. The lowest BCUT2D eigenvalue weighted by Crippen LogP contribution is -2.13. The number of benzene rings is 1. The summed E-state index contributed by atoms with van der Waals surface area (Å²) < 4.78 is 23.3. The Morgan fingerprint density at radius 3 is 2.67 bits per heavy atom. The first kappa shape index (κ1) is 14.5. The average molecular weight is 254 g/mol. The maximum Gasteiger partial charge on any atom is 0.305 e. The summed E-state index contributed by atoms with van der Waals surface area (Å²) in [6.07, 6.45) is 1.23. The first-order valence-corrected chi connectivity index (χ1v) is 6.12. The zero-order valence-corrected chi connectivity index (χ0v) is 10.8. The van der Waals surface area contributed by atoms with Gasteiger partial charge in [0.25, 0.3) is 0 Å². The molecule has 0 aliphatic rings. The highest BCUT2D eigenvalue weighted by molar-refractivity contribution is 5.69. The van der Waals surface area contributed by atoms with Crippen molar-refractivity contribution in [3.05, 3.63) is 30.1 Å². The quantitative estimate of drug-likeness (QED) is 0.553. The third-order valence-corrected chi connectivity index (χ3v) is 2.37. The third-order valence-electron chi connectivity index (χ3n) is 2.37. The van der Waals surface area contributed by atoms with Crippen LogP contribution >= 0.6 is 0 Å². The number of hydrogen-bond donors (Lipinski definition) is 0. The predicted molar refractivity (Wildman–Crippen MR) is 66.9 cm³/mol. The van der Waals surface area contributed by atoms with Crippen molar-refractivity contribution in [1.29, 1.82) is 0 Å². The van der Waals surface area contributed by atoms with Crippen molar-refractivity contribution in [2.45, 2.75) is 26.7 Å². The lowest BCUT2D eigenvalue weighted by atomic mass is 10.1. The minimum absolute atomic E-state index is 0.144. The summed E-state index contributed by atoms with van der Waals surface area (Å²) in [5.74, 6) is 0.00686. The number of para-hydroxylation sites is 1. The van der Waals surface area contributed by atoms with E-state index in [1.165, 1.54) is 12.1 Å². The van der Waals surface area contributed by atoms with Crippen LogP contribution in [-0.2, 0) is 9.53 Å². The van der Waals surface area contributed by atoms with Gasteiger partial charge >= 0.3 is 5.97 Å². The molecule has 0 bridgehead atoms. The van der Waals surface area contributed by atoms with Crippen molar-refractivity contribution in [1.82, 2.24) is 0 Å². The first-order valence-electron chi connectivity index (χ1n) is 6.12. The van der Waals surface area contributed by atoms with E-state index in [0.717, 1.165) is 6.42 Å². The van der Waals surface area contributed by atoms with Gasteiger partial charge in [0.15, 0.2) is 11.6 Å². The standard InChI is InChI=1S/C14H19FO3/c1-11(2)7-8-14(16)18-10-9-17-13-6-4-3-5-12(13)15/h3-6,11H,7-10H2,1-2H3. The van der Waals surface area contributed by atoms with E-state index < -0.39 is 5.82 Å². The van der Waals surface area contributed by atoms with Gasteiger partial charge in [0.2, 0.25) is 0 Å². The van der Waals surface area contributed by atoms with Crippen LogP contribution in [0.15, 0.2) is 24.3 Å². The van der Waals surface area contributed by atoms with Crippen molar-refractivity contribution in [3.8, 4) is 5.75 Å². The van der Waals surface area contributed by atoms with E-state index in [1.54, 1.807) is 12.1 Å². The van der Waals surface area contributed by atoms with Crippen LogP contribution in [-0.4, -0.2) is 19.2 Å². The molecule has 100 valence electrons. The van der Waals surface area contributed by atoms with Crippen LogP contribution in [0, 0.1) is 11.7 Å². The predicted octanol–water partition coefficient (Wildman–Crippen LogP) is 3.18. The molecule has 0 atom stereocenters. The second kappa shape index (κ2) is 7.69. The van der Waals surface area contributed by atoms with Gasteiger partial charge in [0.1, 0.15) is 13.2 Å². The topological polar surface area (TPSA) is 35.5 Å². The van der Waals surface area contributed by atoms with Crippen LogP contribution in [0.3, 0.4) is 0 Å². The molecule has 0 fully saturated rings. The van der Waals surface area contributed by atoms with Crippen molar-refractivity contribution in [2.75, 3.05) is 13.2 Å². The minimum Gasteiger partial charge on any atom is -0.487 e. The van der Waals surface area contributed by atoms with E-state index in [9.17, 15) is 9.18 Å². The summed E-state index contributed by atoms with van der Waals surface area (Å²) in [5.41, 5.74) is 0. The molecule has 0 N–H and O–H groups in total. The van der Waals surface area contributed by atoms with Crippen LogP contribution < -0.4 is 4.74 Å². The Hall–Kier alpha value is -1.58. The molecule has 1 rings (SSSR count). The second-order valence-corrected chi connectivity index (χ2v) is 4.43. The summed E-state index contributed by atoms with van der Waals surface area (Å²) in [6, 6.07) is 6.14. The molecule has 0 radical (unpaired) electrons. The molecular formula is C14H19FO3. The Morgan fingerprint density at radius 2 is 2.00 bits per heavy atom. The normalized spacial score (nSPS) is 10.4. The van der Waals surface area contributed by atoms with Gasteiger partial charge in [-0.1, -0.05) is 26.0 Å². The number of carbonyl (C=O) groups excluding carboxylic acids is 1. The van der Waals surface area contributed by atoms with Crippen molar-refractivity contribution < 1.29 is 18.7 Å². The molecule has 1 aromatic carbocycles. The molecule has 1 aromatic rings. The van der Waals surface area contributed by atoms with Crippen molar-refractivity contribution in [3.63, 3.8) is 0 Å². The largest absolute Gasteiger partial charge is 0.487 e. The molecule has 0 saturated heterocycles. The van der Waals surface area contributed by atoms with Crippen LogP contribution in [0.4, 0.5) is 4.39 Å². The molecular weight excluding hydrogens is 235 g/mol. The van der Waals surface area contributed by atoms with E-state index >= 15 is 0 Å². The molecule has 0 aliphatic carbocycles. The van der Waals surface area contributed by atoms with Gasteiger partial charge in [0.05, 0.1) is 0 Å². The number of rotatable bonds is 7. The molecule has 18 heavy (non-hydrogen) atoms. The van der Waals surface area contributed by atoms with Crippen molar-refractivity contribution >= 4 is 5.97 Å². The smallest absolute Gasteiger partial charge is 0.305 e. The molecule has 0 aromatic heterocycles. The second-order valence-electron chi connectivity index (χ2n) is 4.43. The molecule has 0 unspecified atom stereocenters. The number of esters is 1. The van der Waals surface area contributed by atoms with E-state index in [-0.39, 0.29) is 24.9 Å². The zero-order valence-electron chi connectivity index (χ0n) is 10.8. The van der Waals surface area contributed by atoms with E-state index in [4.69, 9.17) is 9.47 Å². The highest BCUT2D eigenvalue weighted by Crippen LogP contribution is 2.14. The lowest BCUT2D eigenvalue weighted by molar-refractivity contribution is -0.144. The molecule has 0 saturated carbocycles. The highest BCUT2D eigenvalue weighted by Gasteiger charge is 2.05. The Bertz CT molecular complexity index is 377. The number of hydrogen-bond acceptors (Lipinski definition) is 3.